The van der Waals surface area contributed by atoms with Gasteiger partial charge in [0.2, 0.25) is 0 Å². The topological polar surface area (TPSA) is 21.3 Å². The van der Waals surface area contributed by atoms with Crippen molar-refractivity contribution in [1.82, 2.24) is 0 Å². The van der Waals surface area contributed by atoms with Crippen LogP contribution in [-0.2, 0) is 4.74 Å². The molecule has 0 bridgehead atoms. The molecule has 0 saturated heterocycles. The summed E-state index contributed by atoms with van der Waals surface area (Å²) in [6.07, 6.45) is 4.42. The van der Waals surface area contributed by atoms with Crippen molar-refractivity contribution in [3.8, 4) is 0 Å². The molecule has 0 aliphatic heterocycles. The minimum atomic E-state index is -0.247. The predicted octanol–water partition coefficient (Wildman–Crippen LogP) is 3.85. The fraction of sp³-hybridized carbons (Fsp3) is 0.538. The highest BCUT2D eigenvalue weighted by molar-refractivity contribution is 6.30. The second kappa shape index (κ2) is 5.69. The molecule has 0 radical (unpaired) electrons. The number of rotatable bonds is 3. The second-order valence-corrected chi connectivity index (χ2v) is 4.91. The number of hydrogen-bond donors (Lipinski definition) is 1. The Hall–Kier alpha value is -0.800. The highest BCUT2D eigenvalue weighted by atomic mass is 35.5. The van der Waals surface area contributed by atoms with Gasteiger partial charge in [-0.2, -0.15) is 0 Å². The minimum Gasteiger partial charge on any atom is -0.381 e. The third kappa shape index (κ3) is 3.33. The molecule has 4 heteroatoms. The summed E-state index contributed by atoms with van der Waals surface area (Å²) in [5, 5.41) is 3.77. The van der Waals surface area contributed by atoms with Gasteiger partial charge in [-0.3, -0.25) is 0 Å². The van der Waals surface area contributed by atoms with Crippen LogP contribution < -0.4 is 5.32 Å². The maximum atomic E-state index is 13.5. The molecule has 0 unspecified atom stereocenters. The Labute approximate surface area is 106 Å². The van der Waals surface area contributed by atoms with E-state index in [0.29, 0.717) is 22.9 Å². The van der Waals surface area contributed by atoms with Crippen molar-refractivity contribution in [3.05, 3.63) is 29.0 Å². The lowest BCUT2D eigenvalue weighted by molar-refractivity contribution is 0.0681. The van der Waals surface area contributed by atoms with E-state index < -0.39 is 0 Å². The highest BCUT2D eigenvalue weighted by Gasteiger charge is 2.21. The third-order valence-electron chi connectivity index (χ3n) is 3.30. The number of methoxy groups -OCH3 is 1. The van der Waals surface area contributed by atoms with Crippen LogP contribution >= 0.6 is 11.6 Å². The zero-order valence-corrected chi connectivity index (χ0v) is 10.6. The molecular weight excluding hydrogens is 241 g/mol. The second-order valence-electron chi connectivity index (χ2n) is 4.48. The quantitative estimate of drug-likeness (QED) is 0.888. The molecule has 0 atom stereocenters. The zero-order chi connectivity index (χ0) is 12.3. The van der Waals surface area contributed by atoms with Gasteiger partial charge in [0.25, 0.3) is 0 Å². The van der Waals surface area contributed by atoms with Crippen LogP contribution in [0.5, 0.6) is 0 Å². The van der Waals surface area contributed by atoms with E-state index in [1.807, 2.05) is 0 Å². The first kappa shape index (κ1) is 12.7. The molecule has 1 saturated carbocycles. The van der Waals surface area contributed by atoms with E-state index in [9.17, 15) is 4.39 Å². The molecule has 1 aliphatic rings. The number of halogens is 2. The van der Waals surface area contributed by atoms with Crippen molar-refractivity contribution < 1.29 is 9.13 Å². The van der Waals surface area contributed by atoms with Crippen molar-refractivity contribution in [1.29, 1.82) is 0 Å². The van der Waals surface area contributed by atoms with Crippen LogP contribution in [0, 0.1) is 5.82 Å². The highest BCUT2D eigenvalue weighted by Crippen LogP contribution is 2.26. The summed E-state index contributed by atoms with van der Waals surface area (Å²) < 4.78 is 18.8. The average Bonchev–Trinajstić information content (AvgIpc) is 2.35. The molecule has 1 aromatic rings. The van der Waals surface area contributed by atoms with Crippen LogP contribution in [0.4, 0.5) is 10.1 Å². The zero-order valence-electron chi connectivity index (χ0n) is 9.88. The number of benzene rings is 1. The van der Waals surface area contributed by atoms with E-state index in [0.717, 1.165) is 25.7 Å². The molecule has 1 N–H and O–H groups in total. The summed E-state index contributed by atoms with van der Waals surface area (Å²) >= 11 is 5.85. The van der Waals surface area contributed by atoms with Crippen LogP contribution in [0.25, 0.3) is 0 Å². The monoisotopic (exact) mass is 257 g/mol. The maximum absolute atomic E-state index is 13.5. The SMILES string of the molecule is COC1CCC(Nc2cc(Cl)ccc2F)CC1. The van der Waals surface area contributed by atoms with E-state index in [1.54, 1.807) is 19.2 Å². The Morgan fingerprint density at radius 1 is 1.29 bits per heavy atom. The lowest BCUT2D eigenvalue weighted by Crippen LogP contribution is -2.29. The lowest BCUT2D eigenvalue weighted by Gasteiger charge is -2.29. The van der Waals surface area contributed by atoms with E-state index in [4.69, 9.17) is 16.3 Å². The number of ether oxygens (including phenoxy) is 1. The average molecular weight is 258 g/mol. The minimum absolute atomic E-state index is 0.247. The molecule has 2 rings (SSSR count). The summed E-state index contributed by atoms with van der Waals surface area (Å²) in [5.74, 6) is -0.247. The number of anilines is 1. The number of nitrogens with one attached hydrogen (secondary N) is 1. The smallest absolute Gasteiger partial charge is 0.146 e. The van der Waals surface area contributed by atoms with Crippen LogP contribution in [0.2, 0.25) is 5.02 Å². The largest absolute Gasteiger partial charge is 0.381 e. The molecule has 94 valence electrons. The Balaban J connectivity index is 1.95. The lowest BCUT2D eigenvalue weighted by atomic mass is 9.93. The Kier molecular flexibility index (Phi) is 4.24. The van der Waals surface area contributed by atoms with E-state index >= 15 is 0 Å². The first-order valence-electron chi connectivity index (χ1n) is 5.93. The molecule has 0 aromatic heterocycles. The fourth-order valence-corrected chi connectivity index (χ4v) is 2.44. The molecule has 1 aromatic carbocycles. The Morgan fingerprint density at radius 2 is 2.00 bits per heavy atom. The Bertz CT molecular complexity index is 378. The van der Waals surface area contributed by atoms with E-state index in [2.05, 4.69) is 5.32 Å². The molecule has 17 heavy (non-hydrogen) atoms. The van der Waals surface area contributed by atoms with Crippen LogP contribution in [0.3, 0.4) is 0 Å². The van der Waals surface area contributed by atoms with Crippen molar-refractivity contribution in [3.63, 3.8) is 0 Å². The molecule has 0 amide bonds. The summed E-state index contributed by atoms with van der Waals surface area (Å²) in [6, 6.07) is 4.91. The van der Waals surface area contributed by atoms with Gasteiger partial charge in [-0.05, 0) is 43.9 Å². The van der Waals surface area contributed by atoms with Crippen molar-refractivity contribution in [2.24, 2.45) is 0 Å². The molecule has 2 nitrogen and oxygen atoms in total. The first-order valence-corrected chi connectivity index (χ1v) is 6.31. The van der Waals surface area contributed by atoms with E-state index in [-0.39, 0.29) is 5.82 Å². The van der Waals surface area contributed by atoms with Crippen LogP contribution in [-0.4, -0.2) is 19.3 Å². The number of hydrogen-bond acceptors (Lipinski definition) is 2. The predicted molar refractivity (Wildman–Crippen MR) is 68.1 cm³/mol. The molecular formula is C13H17ClFNO. The Morgan fingerprint density at radius 3 is 2.65 bits per heavy atom. The third-order valence-corrected chi connectivity index (χ3v) is 3.53. The summed E-state index contributed by atoms with van der Waals surface area (Å²) in [7, 11) is 1.75. The van der Waals surface area contributed by atoms with Gasteiger partial charge in [0.15, 0.2) is 0 Å². The van der Waals surface area contributed by atoms with Gasteiger partial charge < -0.3 is 10.1 Å². The van der Waals surface area contributed by atoms with Gasteiger partial charge in [0.05, 0.1) is 11.8 Å². The summed E-state index contributed by atoms with van der Waals surface area (Å²) in [5.41, 5.74) is 0.498. The summed E-state index contributed by atoms with van der Waals surface area (Å²) in [6.45, 7) is 0. The fourth-order valence-electron chi connectivity index (χ4n) is 2.27. The van der Waals surface area contributed by atoms with Crippen LogP contribution in [0.15, 0.2) is 18.2 Å². The first-order chi connectivity index (χ1) is 8.19. The van der Waals surface area contributed by atoms with Crippen LogP contribution in [0.1, 0.15) is 25.7 Å². The van der Waals surface area contributed by atoms with Gasteiger partial charge in [0, 0.05) is 18.2 Å². The van der Waals surface area contributed by atoms with Gasteiger partial charge in [-0.15, -0.1) is 0 Å². The van der Waals surface area contributed by atoms with Gasteiger partial charge >= 0.3 is 0 Å². The van der Waals surface area contributed by atoms with E-state index in [1.165, 1.54) is 6.07 Å². The standard InChI is InChI=1S/C13H17ClFNO/c1-17-11-5-3-10(4-6-11)16-13-8-9(14)2-7-12(13)15/h2,7-8,10-11,16H,3-6H2,1H3. The normalized spacial score (nSPS) is 24.6. The summed E-state index contributed by atoms with van der Waals surface area (Å²) in [4.78, 5) is 0. The molecule has 1 aliphatic carbocycles. The van der Waals surface area contributed by atoms with Crippen molar-refractivity contribution in [2.75, 3.05) is 12.4 Å². The maximum Gasteiger partial charge on any atom is 0.146 e. The van der Waals surface area contributed by atoms with Crippen molar-refractivity contribution in [2.45, 2.75) is 37.8 Å². The molecule has 0 spiro atoms. The van der Waals surface area contributed by atoms with Gasteiger partial charge in [-0.25, -0.2) is 4.39 Å². The van der Waals surface area contributed by atoms with Gasteiger partial charge in [0.1, 0.15) is 5.82 Å². The van der Waals surface area contributed by atoms with Gasteiger partial charge in [-0.1, -0.05) is 11.6 Å². The van der Waals surface area contributed by atoms with Crippen molar-refractivity contribution >= 4 is 17.3 Å². The molecule has 1 fully saturated rings. The molecule has 0 heterocycles.